The highest BCUT2D eigenvalue weighted by atomic mass is 32.1. The van der Waals surface area contributed by atoms with E-state index in [-0.39, 0.29) is 0 Å². The molecule has 3 aromatic rings. The van der Waals surface area contributed by atoms with Crippen LogP contribution >= 0.6 is 11.3 Å². The smallest absolute Gasteiger partial charge is 0.126 e. The van der Waals surface area contributed by atoms with Crippen LogP contribution in [0, 0.1) is 11.3 Å². The van der Waals surface area contributed by atoms with Gasteiger partial charge in [-0.1, -0.05) is 53.8 Å². The van der Waals surface area contributed by atoms with Gasteiger partial charge in [0.1, 0.15) is 15.7 Å². The average Bonchev–Trinajstić information content (AvgIpc) is 2.90. The van der Waals surface area contributed by atoms with Crippen LogP contribution in [-0.4, -0.2) is 4.98 Å². The number of aromatic nitrogens is 1. The van der Waals surface area contributed by atoms with Gasteiger partial charge < -0.3 is 5.73 Å². The van der Waals surface area contributed by atoms with Gasteiger partial charge in [0.05, 0.1) is 11.6 Å². The van der Waals surface area contributed by atoms with Crippen molar-refractivity contribution in [3.8, 4) is 27.9 Å². The molecule has 0 spiro atoms. The highest BCUT2D eigenvalue weighted by Crippen LogP contribution is 2.35. The van der Waals surface area contributed by atoms with Gasteiger partial charge in [0.2, 0.25) is 0 Å². The summed E-state index contributed by atoms with van der Waals surface area (Å²) in [6.45, 7) is 0. The van der Waals surface area contributed by atoms with Crippen molar-refractivity contribution in [3.05, 3.63) is 60.2 Å². The molecule has 2 aromatic carbocycles. The zero-order valence-corrected chi connectivity index (χ0v) is 11.4. The lowest BCUT2D eigenvalue weighted by Crippen LogP contribution is -1.86. The second kappa shape index (κ2) is 5.16. The predicted octanol–water partition coefficient (Wildman–Crippen LogP) is 3.93. The van der Waals surface area contributed by atoms with Crippen molar-refractivity contribution < 1.29 is 0 Å². The number of hydrogen-bond donors (Lipinski definition) is 1. The second-order valence-electron chi connectivity index (χ2n) is 4.29. The van der Waals surface area contributed by atoms with Crippen LogP contribution in [0.4, 0.5) is 5.00 Å². The molecule has 0 fully saturated rings. The Kier molecular flexibility index (Phi) is 3.20. The predicted molar refractivity (Wildman–Crippen MR) is 82.1 cm³/mol. The molecule has 0 radical (unpaired) electrons. The second-order valence-corrected chi connectivity index (χ2v) is 5.32. The fourth-order valence-corrected chi connectivity index (χ4v) is 2.84. The van der Waals surface area contributed by atoms with Crippen LogP contribution in [0.5, 0.6) is 0 Å². The summed E-state index contributed by atoms with van der Waals surface area (Å²) >= 11 is 1.46. The average molecular weight is 277 g/mol. The third kappa shape index (κ3) is 2.27. The maximum Gasteiger partial charge on any atom is 0.126 e. The number of hydrogen-bond acceptors (Lipinski definition) is 4. The summed E-state index contributed by atoms with van der Waals surface area (Å²) in [6.07, 6.45) is 0. The van der Waals surface area contributed by atoms with Gasteiger partial charge in [-0.3, -0.25) is 0 Å². The van der Waals surface area contributed by atoms with E-state index in [0.717, 1.165) is 21.8 Å². The summed E-state index contributed by atoms with van der Waals surface area (Å²) in [5.74, 6) is 0. The Hall–Kier alpha value is -2.64. The van der Waals surface area contributed by atoms with Crippen LogP contribution < -0.4 is 5.73 Å². The van der Waals surface area contributed by atoms with Crippen molar-refractivity contribution in [1.29, 1.82) is 5.26 Å². The largest absolute Gasteiger partial charge is 0.389 e. The third-order valence-electron chi connectivity index (χ3n) is 2.94. The number of nitrogens with two attached hydrogens (primary N) is 1. The molecule has 0 atom stereocenters. The Morgan fingerprint density at radius 1 is 1.00 bits per heavy atom. The number of nitrogens with zero attached hydrogens (tertiary/aromatic N) is 2. The minimum absolute atomic E-state index is 0.608. The Balaban J connectivity index is 2.08. The monoisotopic (exact) mass is 277 g/mol. The highest BCUT2D eigenvalue weighted by molar-refractivity contribution is 7.19. The number of benzene rings is 2. The normalized spacial score (nSPS) is 10.2. The van der Waals surface area contributed by atoms with Gasteiger partial charge in [-0.2, -0.15) is 5.26 Å². The van der Waals surface area contributed by atoms with Gasteiger partial charge in [-0.25, -0.2) is 4.98 Å². The maximum absolute atomic E-state index is 8.96. The van der Waals surface area contributed by atoms with E-state index in [4.69, 9.17) is 11.0 Å². The summed E-state index contributed by atoms with van der Waals surface area (Å²) in [7, 11) is 0. The molecule has 0 amide bonds. The molecule has 0 aliphatic rings. The van der Waals surface area contributed by atoms with Crippen LogP contribution in [0.2, 0.25) is 0 Å². The van der Waals surface area contributed by atoms with Crippen LogP contribution in [0.3, 0.4) is 0 Å². The van der Waals surface area contributed by atoms with E-state index in [1.54, 1.807) is 12.1 Å². The standard InChI is InChI=1S/C16H11N3S/c17-10-11-5-4-8-13(9-11)14-15(18)20-16(19-14)12-6-2-1-3-7-12/h1-9H,18H2. The minimum atomic E-state index is 0.608. The molecule has 1 heterocycles. The molecule has 0 bridgehead atoms. The highest BCUT2D eigenvalue weighted by Gasteiger charge is 2.12. The van der Waals surface area contributed by atoms with E-state index >= 15 is 0 Å². The molecule has 3 rings (SSSR count). The maximum atomic E-state index is 8.96. The first kappa shape index (κ1) is 12.4. The molecule has 0 unspecified atom stereocenters. The summed E-state index contributed by atoms with van der Waals surface area (Å²) in [6, 6.07) is 19.4. The fourth-order valence-electron chi connectivity index (χ4n) is 1.98. The Morgan fingerprint density at radius 2 is 1.75 bits per heavy atom. The number of anilines is 1. The summed E-state index contributed by atoms with van der Waals surface area (Å²) in [4.78, 5) is 4.61. The topological polar surface area (TPSA) is 62.7 Å². The molecule has 1 aromatic heterocycles. The zero-order valence-electron chi connectivity index (χ0n) is 10.6. The molecular formula is C16H11N3S. The molecule has 0 saturated carbocycles. The minimum Gasteiger partial charge on any atom is -0.389 e. The van der Waals surface area contributed by atoms with Crippen molar-refractivity contribution in [2.45, 2.75) is 0 Å². The number of rotatable bonds is 2. The molecule has 0 saturated heterocycles. The van der Waals surface area contributed by atoms with E-state index in [2.05, 4.69) is 11.1 Å². The summed E-state index contributed by atoms with van der Waals surface area (Å²) in [5.41, 5.74) is 9.35. The van der Waals surface area contributed by atoms with Crippen LogP contribution in [0.25, 0.3) is 21.8 Å². The van der Waals surface area contributed by atoms with E-state index in [1.165, 1.54) is 11.3 Å². The van der Waals surface area contributed by atoms with Crippen molar-refractivity contribution in [1.82, 2.24) is 4.98 Å². The molecule has 3 nitrogen and oxygen atoms in total. The molecule has 4 heteroatoms. The summed E-state index contributed by atoms with van der Waals surface area (Å²) < 4.78 is 0. The first-order chi connectivity index (χ1) is 9.78. The lowest BCUT2D eigenvalue weighted by atomic mass is 10.1. The molecular weight excluding hydrogens is 266 g/mol. The van der Waals surface area contributed by atoms with Crippen molar-refractivity contribution >= 4 is 16.3 Å². The fraction of sp³-hybridized carbons (Fsp3) is 0. The Labute approximate surface area is 121 Å². The number of nitriles is 1. The summed E-state index contributed by atoms with van der Waals surface area (Å²) in [5, 5.41) is 10.5. The number of thiazole rings is 1. The van der Waals surface area contributed by atoms with E-state index in [9.17, 15) is 0 Å². The van der Waals surface area contributed by atoms with Crippen LogP contribution in [0.15, 0.2) is 54.6 Å². The van der Waals surface area contributed by atoms with Crippen LogP contribution in [-0.2, 0) is 0 Å². The lowest BCUT2D eigenvalue weighted by Gasteiger charge is -1.98. The van der Waals surface area contributed by atoms with E-state index in [1.807, 2.05) is 42.5 Å². The number of nitrogen functional groups attached to an aromatic ring is 1. The van der Waals surface area contributed by atoms with E-state index < -0.39 is 0 Å². The van der Waals surface area contributed by atoms with Gasteiger partial charge in [0.25, 0.3) is 0 Å². The van der Waals surface area contributed by atoms with Crippen molar-refractivity contribution in [3.63, 3.8) is 0 Å². The first-order valence-electron chi connectivity index (χ1n) is 6.10. The Bertz CT molecular complexity index is 785. The molecule has 0 aliphatic heterocycles. The van der Waals surface area contributed by atoms with Gasteiger partial charge >= 0.3 is 0 Å². The lowest BCUT2D eigenvalue weighted by molar-refractivity contribution is 1.39. The van der Waals surface area contributed by atoms with Gasteiger partial charge in [-0.15, -0.1) is 0 Å². The third-order valence-corrected chi connectivity index (χ3v) is 3.87. The zero-order chi connectivity index (χ0) is 13.9. The van der Waals surface area contributed by atoms with Crippen molar-refractivity contribution in [2.24, 2.45) is 0 Å². The van der Waals surface area contributed by atoms with Gasteiger partial charge in [0.15, 0.2) is 0 Å². The van der Waals surface area contributed by atoms with Gasteiger partial charge in [-0.05, 0) is 12.1 Å². The van der Waals surface area contributed by atoms with Gasteiger partial charge in [0, 0.05) is 11.1 Å². The molecule has 0 aliphatic carbocycles. The van der Waals surface area contributed by atoms with Crippen LogP contribution in [0.1, 0.15) is 5.56 Å². The van der Waals surface area contributed by atoms with Crippen molar-refractivity contribution in [2.75, 3.05) is 5.73 Å². The molecule has 96 valence electrons. The SMILES string of the molecule is N#Cc1cccc(-c2nc(-c3ccccc3)sc2N)c1. The quantitative estimate of drug-likeness (QED) is 0.772. The Morgan fingerprint density at radius 3 is 2.50 bits per heavy atom. The first-order valence-corrected chi connectivity index (χ1v) is 6.92. The molecule has 20 heavy (non-hydrogen) atoms. The molecule has 2 N–H and O–H groups in total. The van der Waals surface area contributed by atoms with E-state index in [0.29, 0.717) is 10.6 Å².